The van der Waals surface area contributed by atoms with E-state index in [4.69, 9.17) is 5.11 Å². The van der Waals surface area contributed by atoms with Crippen molar-refractivity contribution in [3.05, 3.63) is 29.3 Å². The van der Waals surface area contributed by atoms with Gasteiger partial charge in [0.15, 0.2) is 11.5 Å². The summed E-state index contributed by atoms with van der Waals surface area (Å²) in [6.45, 7) is 3.40. The lowest BCUT2D eigenvalue weighted by Gasteiger charge is -2.04. The summed E-state index contributed by atoms with van der Waals surface area (Å²) >= 11 is 0. The average Bonchev–Trinajstić information content (AvgIpc) is 2.20. The summed E-state index contributed by atoms with van der Waals surface area (Å²) in [7, 11) is 0. The maximum Gasteiger partial charge on any atom is 0.229 e. The van der Waals surface area contributed by atoms with Gasteiger partial charge >= 0.3 is 0 Å². The second kappa shape index (κ2) is 3.96. The van der Waals surface area contributed by atoms with Crippen LogP contribution >= 0.6 is 0 Å². The Hall–Kier alpha value is -1.77. The minimum absolute atomic E-state index is 0.172. The molecular formula is C11H11O3. The van der Waals surface area contributed by atoms with Crippen LogP contribution in [0.4, 0.5) is 0 Å². The summed E-state index contributed by atoms with van der Waals surface area (Å²) in [4.78, 5) is 10.4. The van der Waals surface area contributed by atoms with E-state index in [0.29, 0.717) is 11.1 Å². The van der Waals surface area contributed by atoms with E-state index < -0.39 is 0 Å². The summed E-state index contributed by atoms with van der Waals surface area (Å²) < 4.78 is 0. The molecule has 0 heterocycles. The molecule has 0 atom stereocenters. The van der Waals surface area contributed by atoms with E-state index in [1.165, 1.54) is 12.1 Å². The first-order valence-corrected chi connectivity index (χ1v) is 4.14. The van der Waals surface area contributed by atoms with Gasteiger partial charge in [0.05, 0.1) is 0 Å². The maximum atomic E-state index is 10.4. The molecule has 0 unspecified atom stereocenters. The molecule has 3 heteroatoms. The molecule has 0 saturated heterocycles. The molecule has 0 saturated carbocycles. The van der Waals surface area contributed by atoms with Crippen LogP contribution in [0.15, 0.2) is 23.8 Å². The second-order valence-corrected chi connectivity index (χ2v) is 3.06. The Labute approximate surface area is 82.3 Å². The number of phenols is 2. The predicted octanol–water partition coefficient (Wildman–Crippen LogP) is 2.00. The zero-order chi connectivity index (χ0) is 10.7. The molecule has 2 N–H and O–H groups in total. The molecule has 73 valence electrons. The molecule has 1 aromatic carbocycles. The summed E-state index contributed by atoms with van der Waals surface area (Å²) in [6.07, 6.45) is 1.78. The first-order valence-electron chi connectivity index (χ1n) is 4.14. The third-order valence-electron chi connectivity index (χ3n) is 2.12. The van der Waals surface area contributed by atoms with Gasteiger partial charge in [0.1, 0.15) is 0 Å². The van der Waals surface area contributed by atoms with Gasteiger partial charge in [-0.25, -0.2) is 0 Å². The van der Waals surface area contributed by atoms with Crippen molar-refractivity contribution in [2.45, 2.75) is 13.8 Å². The van der Waals surface area contributed by atoms with Crippen molar-refractivity contribution in [2.24, 2.45) is 0 Å². The number of carbonyl (C=O) groups excluding carboxylic acids is 1. The molecule has 0 fully saturated rings. The fourth-order valence-corrected chi connectivity index (χ4v) is 1.05. The zero-order valence-electron chi connectivity index (χ0n) is 8.03. The topological polar surface area (TPSA) is 57.5 Å². The Kier molecular flexibility index (Phi) is 2.92. The first kappa shape index (κ1) is 10.3. The van der Waals surface area contributed by atoms with Crippen LogP contribution in [0.3, 0.4) is 0 Å². The molecule has 0 spiro atoms. The van der Waals surface area contributed by atoms with Crippen LogP contribution in [0, 0.1) is 0 Å². The third-order valence-corrected chi connectivity index (χ3v) is 2.12. The molecule has 3 nitrogen and oxygen atoms in total. The van der Waals surface area contributed by atoms with Crippen molar-refractivity contribution in [3.8, 4) is 11.5 Å². The van der Waals surface area contributed by atoms with Crippen LogP contribution in [0.2, 0.25) is 0 Å². The van der Waals surface area contributed by atoms with Crippen molar-refractivity contribution in [3.63, 3.8) is 0 Å². The van der Waals surface area contributed by atoms with Gasteiger partial charge in [-0.05, 0) is 37.1 Å². The minimum Gasteiger partial charge on any atom is -0.504 e. The van der Waals surface area contributed by atoms with Crippen LogP contribution < -0.4 is 0 Å². The minimum atomic E-state index is -0.194. The lowest BCUT2D eigenvalue weighted by atomic mass is 10.0. The van der Waals surface area contributed by atoms with Gasteiger partial charge in [0, 0.05) is 5.57 Å². The van der Waals surface area contributed by atoms with Crippen LogP contribution in [0.5, 0.6) is 11.5 Å². The maximum absolute atomic E-state index is 10.4. The average molecular weight is 191 g/mol. The van der Waals surface area contributed by atoms with E-state index in [0.717, 1.165) is 5.57 Å². The molecule has 1 aromatic rings. The number of allylic oxidation sites excluding steroid dienone is 2. The highest BCUT2D eigenvalue weighted by Gasteiger charge is 2.04. The Morgan fingerprint density at radius 3 is 2.36 bits per heavy atom. The van der Waals surface area contributed by atoms with Gasteiger partial charge < -0.3 is 10.2 Å². The Balaban J connectivity index is 3.21. The number of aromatic hydroxyl groups is 2. The molecule has 14 heavy (non-hydrogen) atoms. The van der Waals surface area contributed by atoms with Gasteiger partial charge in [0.2, 0.25) is 6.29 Å². The molecule has 1 rings (SSSR count). The van der Waals surface area contributed by atoms with Crippen molar-refractivity contribution in [1.29, 1.82) is 0 Å². The molecule has 0 amide bonds. The lowest BCUT2D eigenvalue weighted by Crippen LogP contribution is -1.86. The van der Waals surface area contributed by atoms with Crippen molar-refractivity contribution in [1.82, 2.24) is 0 Å². The van der Waals surface area contributed by atoms with Crippen LogP contribution in [0.1, 0.15) is 19.4 Å². The predicted molar refractivity (Wildman–Crippen MR) is 53.7 cm³/mol. The quantitative estimate of drug-likeness (QED) is 0.555. The van der Waals surface area contributed by atoms with Crippen molar-refractivity contribution < 1.29 is 15.0 Å². The number of benzene rings is 1. The highest BCUT2D eigenvalue weighted by Crippen LogP contribution is 2.28. The van der Waals surface area contributed by atoms with Gasteiger partial charge in [-0.2, -0.15) is 0 Å². The Bertz CT molecular complexity index is 392. The summed E-state index contributed by atoms with van der Waals surface area (Å²) in [5.74, 6) is -0.366. The standard InChI is InChI=1S/C11H11O3/c1-7(6-12)8(2)9-3-4-10(13)11(14)5-9/h3-5,13-14H,1-2H3. The van der Waals surface area contributed by atoms with Gasteiger partial charge in [-0.1, -0.05) is 6.07 Å². The Morgan fingerprint density at radius 2 is 1.86 bits per heavy atom. The highest BCUT2D eigenvalue weighted by atomic mass is 16.3. The SMILES string of the molecule is CC([C]=O)=C(C)c1ccc(O)c(O)c1. The largest absolute Gasteiger partial charge is 0.504 e. The van der Waals surface area contributed by atoms with E-state index in [9.17, 15) is 9.90 Å². The van der Waals surface area contributed by atoms with E-state index >= 15 is 0 Å². The van der Waals surface area contributed by atoms with Crippen LogP contribution in [-0.4, -0.2) is 16.5 Å². The normalized spacial score (nSPS) is 12.1. The number of rotatable bonds is 2. The van der Waals surface area contributed by atoms with Crippen LogP contribution in [-0.2, 0) is 4.79 Å². The van der Waals surface area contributed by atoms with E-state index in [2.05, 4.69) is 0 Å². The molecule has 0 aliphatic carbocycles. The lowest BCUT2D eigenvalue weighted by molar-refractivity contribution is 0.403. The fourth-order valence-electron chi connectivity index (χ4n) is 1.05. The van der Waals surface area contributed by atoms with Gasteiger partial charge in [-0.15, -0.1) is 0 Å². The molecule has 0 aromatic heterocycles. The van der Waals surface area contributed by atoms with E-state index in [1.54, 1.807) is 26.2 Å². The molecular weight excluding hydrogens is 180 g/mol. The van der Waals surface area contributed by atoms with E-state index in [-0.39, 0.29) is 11.5 Å². The van der Waals surface area contributed by atoms with Gasteiger partial charge in [0.25, 0.3) is 0 Å². The number of hydrogen-bond acceptors (Lipinski definition) is 3. The van der Waals surface area contributed by atoms with Crippen LogP contribution in [0.25, 0.3) is 5.57 Å². The molecule has 0 bridgehead atoms. The fraction of sp³-hybridized carbons (Fsp3) is 0.182. The number of phenolic OH excluding ortho intramolecular Hbond substituents is 2. The molecule has 1 radical (unpaired) electrons. The number of hydrogen-bond donors (Lipinski definition) is 2. The smallest absolute Gasteiger partial charge is 0.229 e. The third kappa shape index (κ3) is 1.93. The highest BCUT2D eigenvalue weighted by molar-refractivity contribution is 5.87. The first-order chi connectivity index (χ1) is 6.56. The van der Waals surface area contributed by atoms with E-state index in [1.807, 2.05) is 0 Å². The second-order valence-electron chi connectivity index (χ2n) is 3.06. The summed E-state index contributed by atoms with van der Waals surface area (Å²) in [5.41, 5.74) is 1.91. The van der Waals surface area contributed by atoms with Crippen molar-refractivity contribution in [2.75, 3.05) is 0 Å². The summed E-state index contributed by atoms with van der Waals surface area (Å²) in [5, 5.41) is 18.3. The molecule has 0 aliphatic rings. The summed E-state index contributed by atoms with van der Waals surface area (Å²) in [6, 6.07) is 4.42. The monoisotopic (exact) mass is 191 g/mol. The zero-order valence-corrected chi connectivity index (χ0v) is 8.03. The van der Waals surface area contributed by atoms with Gasteiger partial charge in [-0.3, -0.25) is 4.79 Å². The Morgan fingerprint density at radius 1 is 1.21 bits per heavy atom. The van der Waals surface area contributed by atoms with Crippen molar-refractivity contribution >= 4 is 11.9 Å². The molecule has 0 aliphatic heterocycles.